The summed E-state index contributed by atoms with van der Waals surface area (Å²) in [6, 6.07) is 8.42. The molecule has 2 aromatic rings. The molecule has 2 unspecified atom stereocenters. The van der Waals surface area contributed by atoms with Crippen LogP contribution in [0.5, 0.6) is 5.75 Å². The van der Waals surface area contributed by atoms with E-state index in [1.165, 1.54) is 17.6 Å². The minimum Gasteiger partial charge on any atom is -0.491 e. The summed E-state index contributed by atoms with van der Waals surface area (Å²) in [5, 5.41) is 10.2. The van der Waals surface area contributed by atoms with Gasteiger partial charge in [0.15, 0.2) is 0 Å². The topological polar surface area (TPSA) is 55.8 Å². The maximum Gasteiger partial charge on any atom is 0.348 e. The molecule has 1 aromatic carbocycles. The maximum absolute atomic E-state index is 11.9. The van der Waals surface area contributed by atoms with Crippen molar-refractivity contribution in [1.29, 1.82) is 0 Å². The summed E-state index contributed by atoms with van der Waals surface area (Å²) >= 11 is 1.56. The molecule has 0 aliphatic heterocycles. The number of ether oxygens (including phenoxy) is 2. The number of thiophene rings is 1. The van der Waals surface area contributed by atoms with Crippen LogP contribution in [0, 0.1) is 19.3 Å². The van der Waals surface area contributed by atoms with E-state index in [0.717, 1.165) is 36.1 Å². The van der Waals surface area contributed by atoms with Crippen LogP contribution in [0.4, 0.5) is 0 Å². The highest BCUT2D eigenvalue weighted by atomic mass is 32.1. The number of hydrogen-bond donors (Lipinski definition) is 1. The van der Waals surface area contributed by atoms with Gasteiger partial charge in [0.1, 0.15) is 17.2 Å². The largest absolute Gasteiger partial charge is 0.491 e. The number of aliphatic hydroxyl groups is 1. The molecule has 0 fully saturated rings. The van der Waals surface area contributed by atoms with E-state index in [0.29, 0.717) is 17.4 Å². The number of carbonyl (C=O) groups excluding carboxylic acids is 1. The Kier molecular flexibility index (Phi) is 8.51. The summed E-state index contributed by atoms with van der Waals surface area (Å²) in [6.07, 6.45) is 2.52. The summed E-state index contributed by atoms with van der Waals surface area (Å²) in [5.41, 5.74) is 3.16. The molecule has 0 amide bonds. The minimum atomic E-state index is -0.508. The first-order valence-corrected chi connectivity index (χ1v) is 11.5. The van der Waals surface area contributed by atoms with Crippen LogP contribution >= 0.6 is 11.3 Å². The van der Waals surface area contributed by atoms with E-state index in [1.807, 2.05) is 40.7 Å². The molecule has 0 saturated carbocycles. The van der Waals surface area contributed by atoms with Gasteiger partial charge in [0, 0.05) is 4.88 Å². The minimum absolute atomic E-state index is 0.198. The van der Waals surface area contributed by atoms with E-state index in [9.17, 15) is 9.90 Å². The van der Waals surface area contributed by atoms with Crippen molar-refractivity contribution < 1.29 is 19.4 Å². The molecule has 0 saturated heterocycles. The van der Waals surface area contributed by atoms with Gasteiger partial charge in [-0.15, -0.1) is 11.3 Å². The van der Waals surface area contributed by atoms with Crippen LogP contribution in [0.15, 0.2) is 24.3 Å². The molecule has 1 aromatic heterocycles. The second-order valence-corrected chi connectivity index (χ2v) is 10.2. The highest BCUT2D eigenvalue weighted by Crippen LogP contribution is 2.34. The number of carbonyl (C=O) groups is 1. The van der Waals surface area contributed by atoms with Gasteiger partial charge in [0.2, 0.25) is 0 Å². The average Bonchev–Trinajstić information content (AvgIpc) is 3.07. The number of aliphatic hydroxyl groups excluding tert-OH is 1. The third-order valence-corrected chi connectivity index (χ3v) is 7.00. The highest BCUT2D eigenvalue weighted by molar-refractivity contribution is 7.14. The molecule has 30 heavy (non-hydrogen) atoms. The first-order chi connectivity index (χ1) is 14.1. The van der Waals surface area contributed by atoms with Crippen LogP contribution in [-0.4, -0.2) is 30.9 Å². The molecule has 4 nitrogen and oxygen atoms in total. The number of esters is 1. The summed E-state index contributed by atoms with van der Waals surface area (Å²) in [6.45, 7) is 12.5. The standard InChI is InChI=1S/C25H36O4S/c1-8-19(21-14-17(3)23(30-21)24(27)28-7)11-9-18-10-12-20(16(2)13-18)29-15-22(26)25(4,5)6/h10,12-14,19,22,26H,8-9,11,15H2,1-7H3. The molecule has 2 atom stereocenters. The molecule has 166 valence electrons. The van der Waals surface area contributed by atoms with Crippen molar-refractivity contribution in [2.24, 2.45) is 5.41 Å². The predicted molar refractivity (Wildman–Crippen MR) is 124 cm³/mol. The fourth-order valence-corrected chi connectivity index (χ4v) is 4.65. The van der Waals surface area contributed by atoms with Crippen molar-refractivity contribution in [3.05, 3.63) is 50.7 Å². The third-order valence-electron chi connectivity index (χ3n) is 5.62. The smallest absolute Gasteiger partial charge is 0.348 e. The number of methoxy groups -OCH3 is 1. The first kappa shape index (κ1) is 24.4. The Labute approximate surface area is 185 Å². The Morgan fingerprint density at radius 2 is 1.87 bits per heavy atom. The fraction of sp³-hybridized carbons (Fsp3) is 0.560. The molecule has 0 aliphatic carbocycles. The zero-order chi connectivity index (χ0) is 22.5. The highest BCUT2D eigenvalue weighted by Gasteiger charge is 2.23. The Hall–Kier alpha value is -1.85. The number of hydrogen-bond acceptors (Lipinski definition) is 5. The molecule has 1 N–H and O–H groups in total. The summed E-state index contributed by atoms with van der Waals surface area (Å²) in [4.78, 5) is 13.9. The van der Waals surface area contributed by atoms with Gasteiger partial charge in [-0.25, -0.2) is 4.79 Å². The monoisotopic (exact) mass is 432 g/mol. The van der Waals surface area contributed by atoms with Crippen LogP contribution in [0.3, 0.4) is 0 Å². The summed E-state index contributed by atoms with van der Waals surface area (Å²) in [5.74, 6) is 0.998. The molecule has 5 heteroatoms. The van der Waals surface area contributed by atoms with Crippen LogP contribution in [0.1, 0.15) is 77.7 Å². The van der Waals surface area contributed by atoms with Gasteiger partial charge in [-0.1, -0.05) is 39.8 Å². The molecule has 1 heterocycles. The van der Waals surface area contributed by atoms with Crippen molar-refractivity contribution in [3.8, 4) is 5.75 Å². The lowest BCUT2D eigenvalue weighted by Crippen LogP contribution is -2.32. The van der Waals surface area contributed by atoms with Crippen LogP contribution in [0.25, 0.3) is 0 Å². The fourth-order valence-electron chi connectivity index (χ4n) is 3.34. The number of aryl methyl sites for hydroxylation is 3. The zero-order valence-corrected chi connectivity index (χ0v) is 20.2. The Balaban J connectivity index is 2.01. The van der Waals surface area contributed by atoms with E-state index < -0.39 is 6.10 Å². The van der Waals surface area contributed by atoms with Crippen LogP contribution < -0.4 is 4.74 Å². The average molecular weight is 433 g/mol. The molecule has 0 aliphatic rings. The Morgan fingerprint density at radius 3 is 2.43 bits per heavy atom. The SMILES string of the molecule is CCC(CCc1ccc(OCC(O)C(C)(C)C)c(C)c1)c1cc(C)c(C(=O)OC)s1. The van der Waals surface area contributed by atoms with E-state index in [-0.39, 0.29) is 11.4 Å². The van der Waals surface area contributed by atoms with Gasteiger partial charge in [-0.05, 0) is 73.3 Å². The number of benzene rings is 1. The van der Waals surface area contributed by atoms with Gasteiger partial charge in [-0.2, -0.15) is 0 Å². The first-order valence-electron chi connectivity index (χ1n) is 10.7. The summed E-state index contributed by atoms with van der Waals surface area (Å²) < 4.78 is 10.7. The quantitative estimate of drug-likeness (QED) is 0.489. The van der Waals surface area contributed by atoms with Crippen molar-refractivity contribution >= 4 is 17.3 Å². The predicted octanol–water partition coefficient (Wildman–Crippen LogP) is 6.06. The van der Waals surface area contributed by atoms with Gasteiger partial charge < -0.3 is 14.6 Å². The Morgan fingerprint density at radius 1 is 1.17 bits per heavy atom. The van der Waals surface area contributed by atoms with Crippen molar-refractivity contribution in [3.63, 3.8) is 0 Å². The van der Waals surface area contributed by atoms with E-state index in [2.05, 4.69) is 25.1 Å². The van der Waals surface area contributed by atoms with E-state index in [4.69, 9.17) is 9.47 Å². The van der Waals surface area contributed by atoms with E-state index in [1.54, 1.807) is 11.3 Å². The second-order valence-electron chi connectivity index (χ2n) is 9.09. The van der Waals surface area contributed by atoms with E-state index >= 15 is 0 Å². The van der Waals surface area contributed by atoms with Crippen molar-refractivity contribution in [2.45, 2.75) is 72.8 Å². The lowest BCUT2D eigenvalue weighted by molar-refractivity contribution is 0.0216. The molecule has 0 bridgehead atoms. The van der Waals surface area contributed by atoms with Gasteiger partial charge in [0.05, 0.1) is 13.2 Å². The molecule has 0 spiro atoms. The van der Waals surface area contributed by atoms with Crippen LogP contribution in [-0.2, 0) is 11.2 Å². The van der Waals surface area contributed by atoms with Crippen LogP contribution in [0.2, 0.25) is 0 Å². The molecular weight excluding hydrogens is 396 g/mol. The third kappa shape index (κ3) is 6.32. The summed E-state index contributed by atoms with van der Waals surface area (Å²) in [7, 11) is 1.43. The van der Waals surface area contributed by atoms with Crippen molar-refractivity contribution in [2.75, 3.05) is 13.7 Å². The van der Waals surface area contributed by atoms with Gasteiger partial charge >= 0.3 is 5.97 Å². The normalized spacial score (nSPS) is 13.7. The maximum atomic E-state index is 11.9. The second kappa shape index (κ2) is 10.5. The molecule has 0 radical (unpaired) electrons. The lowest BCUT2D eigenvalue weighted by Gasteiger charge is -2.26. The molecular formula is C25H36O4S. The van der Waals surface area contributed by atoms with Gasteiger partial charge in [0.25, 0.3) is 0 Å². The van der Waals surface area contributed by atoms with Gasteiger partial charge in [-0.3, -0.25) is 0 Å². The molecule has 2 rings (SSSR count). The zero-order valence-electron chi connectivity index (χ0n) is 19.4. The lowest BCUT2D eigenvalue weighted by atomic mass is 9.90. The Bertz CT molecular complexity index is 847. The van der Waals surface area contributed by atoms with Crippen molar-refractivity contribution in [1.82, 2.24) is 0 Å². The number of rotatable bonds is 9.